The molecule has 0 aromatic carbocycles. The van der Waals surface area contributed by atoms with Crippen molar-refractivity contribution in [3.05, 3.63) is 23.9 Å². The number of hydrogen-bond donors (Lipinski definition) is 1. The van der Waals surface area contributed by atoms with Gasteiger partial charge in [0.15, 0.2) is 0 Å². The fourth-order valence-corrected chi connectivity index (χ4v) is 4.39. The largest absolute Gasteiger partial charge is 0.369 e. The molecule has 19 heavy (non-hydrogen) atoms. The molecule has 1 aliphatic heterocycles. The summed E-state index contributed by atoms with van der Waals surface area (Å²) in [6.45, 7) is 3.57. The van der Waals surface area contributed by atoms with Crippen molar-refractivity contribution in [2.24, 2.45) is 0 Å². The van der Waals surface area contributed by atoms with Gasteiger partial charge in [0.2, 0.25) is 10.0 Å². The Morgan fingerprint density at radius 2 is 2.11 bits per heavy atom. The van der Waals surface area contributed by atoms with Gasteiger partial charge in [-0.05, 0) is 19.1 Å². The highest BCUT2D eigenvalue weighted by molar-refractivity contribution is 7.99. The van der Waals surface area contributed by atoms with Crippen molar-refractivity contribution in [1.29, 1.82) is 0 Å². The zero-order chi connectivity index (χ0) is 13.7. The van der Waals surface area contributed by atoms with Crippen LogP contribution in [0.4, 0.5) is 5.82 Å². The molecule has 2 rings (SSSR count). The molecule has 1 fully saturated rings. The third-order valence-electron chi connectivity index (χ3n) is 2.92. The van der Waals surface area contributed by atoms with Crippen molar-refractivity contribution in [1.82, 2.24) is 9.29 Å². The average Bonchev–Trinajstić information content (AvgIpc) is 2.40. The number of anilines is 1. The fraction of sp³-hybridized carbons (Fsp3) is 0.583. The van der Waals surface area contributed by atoms with Crippen LogP contribution in [-0.2, 0) is 10.0 Å². The number of hydrogen-bond acceptors (Lipinski definition) is 5. The first-order valence-corrected chi connectivity index (χ1v) is 9.07. The van der Waals surface area contributed by atoms with Crippen molar-refractivity contribution < 1.29 is 8.42 Å². The van der Waals surface area contributed by atoms with Gasteiger partial charge >= 0.3 is 0 Å². The molecule has 1 aliphatic rings. The Morgan fingerprint density at radius 3 is 2.79 bits per heavy atom. The summed E-state index contributed by atoms with van der Waals surface area (Å²) in [7, 11) is -3.13. The fourth-order valence-electron chi connectivity index (χ4n) is 1.90. The highest BCUT2D eigenvalue weighted by Crippen LogP contribution is 2.13. The van der Waals surface area contributed by atoms with Crippen molar-refractivity contribution in [2.45, 2.75) is 6.92 Å². The Bertz CT molecular complexity index is 513. The van der Waals surface area contributed by atoms with E-state index in [1.165, 1.54) is 0 Å². The van der Waals surface area contributed by atoms with Crippen LogP contribution in [0.1, 0.15) is 5.69 Å². The summed E-state index contributed by atoms with van der Waals surface area (Å²) in [4.78, 5) is 4.28. The normalized spacial score (nSPS) is 17.3. The highest BCUT2D eigenvalue weighted by Gasteiger charge is 2.23. The van der Waals surface area contributed by atoms with Crippen LogP contribution < -0.4 is 5.32 Å². The maximum absolute atomic E-state index is 12.1. The summed E-state index contributed by atoms with van der Waals surface area (Å²) in [5.41, 5.74) is 0.918. The lowest BCUT2D eigenvalue weighted by Gasteiger charge is -2.25. The number of sulfonamides is 1. The van der Waals surface area contributed by atoms with Gasteiger partial charge in [-0.3, -0.25) is 0 Å². The predicted molar refractivity (Wildman–Crippen MR) is 80.1 cm³/mol. The summed E-state index contributed by atoms with van der Waals surface area (Å²) < 4.78 is 25.8. The van der Waals surface area contributed by atoms with E-state index in [1.54, 1.807) is 16.1 Å². The lowest BCUT2D eigenvalue weighted by molar-refractivity contribution is 0.444. The minimum atomic E-state index is -3.13. The van der Waals surface area contributed by atoms with Crippen LogP contribution in [-0.4, -0.2) is 54.6 Å². The zero-order valence-electron chi connectivity index (χ0n) is 11.0. The van der Waals surface area contributed by atoms with Crippen LogP contribution in [0.5, 0.6) is 0 Å². The molecule has 1 aromatic rings. The molecular weight excluding hydrogens is 282 g/mol. The molecule has 1 saturated heterocycles. The van der Waals surface area contributed by atoms with Gasteiger partial charge in [-0.2, -0.15) is 11.8 Å². The van der Waals surface area contributed by atoms with Gasteiger partial charge in [0.25, 0.3) is 0 Å². The minimum absolute atomic E-state index is 0.118. The van der Waals surface area contributed by atoms with Crippen molar-refractivity contribution in [3.63, 3.8) is 0 Å². The van der Waals surface area contributed by atoms with Gasteiger partial charge in [0, 0.05) is 36.8 Å². The number of nitrogens with zero attached hydrogens (tertiary/aromatic N) is 2. The van der Waals surface area contributed by atoms with Crippen LogP contribution in [0.15, 0.2) is 18.2 Å². The van der Waals surface area contributed by atoms with E-state index in [-0.39, 0.29) is 5.75 Å². The van der Waals surface area contributed by atoms with Gasteiger partial charge in [-0.1, -0.05) is 6.07 Å². The van der Waals surface area contributed by atoms with Crippen LogP contribution in [0, 0.1) is 6.92 Å². The number of aryl methyl sites for hydroxylation is 1. The number of rotatable bonds is 5. The standard InChI is InChI=1S/C12H19N3O2S2/c1-11-3-2-4-12(14-11)13-5-10-19(16,17)15-6-8-18-9-7-15/h2-4H,5-10H2,1H3,(H,13,14). The lowest BCUT2D eigenvalue weighted by atomic mass is 10.4. The topological polar surface area (TPSA) is 62.3 Å². The zero-order valence-corrected chi connectivity index (χ0v) is 12.6. The third-order valence-corrected chi connectivity index (χ3v) is 5.73. The third kappa shape index (κ3) is 4.36. The molecule has 1 aromatic heterocycles. The smallest absolute Gasteiger partial charge is 0.215 e. The summed E-state index contributed by atoms with van der Waals surface area (Å²) >= 11 is 1.81. The highest BCUT2D eigenvalue weighted by atomic mass is 32.2. The molecule has 2 heterocycles. The second-order valence-electron chi connectivity index (χ2n) is 4.42. The Hall–Kier alpha value is -0.790. The molecular formula is C12H19N3O2S2. The maximum Gasteiger partial charge on any atom is 0.215 e. The van der Waals surface area contributed by atoms with Crippen LogP contribution in [0.2, 0.25) is 0 Å². The maximum atomic E-state index is 12.1. The molecule has 0 bridgehead atoms. The number of aromatic nitrogens is 1. The monoisotopic (exact) mass is 301 g/mol. The molecule has 0 unspecified atom stereocenters. The van der Waals surface area contributed by atoms with Crippen LogP contribution >= 0.6 is 11.8 Å². The van der Waals surface area contributed by atoms with Crippen LogP contribution in [0.25, 0.3) is 0 Å². The first-order valence-electron chi connectivity index (χ1n) is 6.31. The van der Waals surface area contributed by atoms with E-state index in [4.69, 9.17) is 0 Å². The summed E-state index contributed by atoms with van der Waals surface area (Å²) in [5.74, 6) is 2.63. The average molecular weight is 301 g/mol. The Kier molecular flexibility index (Phi) is 5.06. The van der Waals surface area contributed by atoms with Gasteiger partial charge in [0.05, 0.1) is 5.75 Å². The second kappa shape index (κ2) is 6.58. The van der Waals surface area contributed by atoms with E-state index in [1.807, 2.05) is 25.1 Å². The van der Waals surface area contributed by atoms with E-state index in [0.29, 0.717) is 19.6 Å². The second-order valence-corrected chi connectivity index (χ2v) is 7.73. The van der Waals surface area contributed by atoms with Crippen molar-refractivity contribution in [2.75, 3.05) is 42.2 Å². The van der Waals surface area contributed by atoms with E-state index < -0.39 is 10.0 Å². The van der Waals surface area contributed by atoms with E-state index in [2.05, 4.69) is 10.3 Å². The summed E-state index contributed by atoms with van der Waals surface area (Å²) in [6, 6.07) is 5.66. The predicted octanol–water partition coefficient (Wildman–Crippen LogP) is 1.18. The lowest BCUT2D eigenvalue weighted by Crippen LogP contribution is -2.40. The minimum Gasteiger partial charge on any atom is -0.369 e. The Balaban J connectivity index is 1.84. The number of thioether (sulfide) groups is 1. The Morgan fingerprint density at radius 1 is 1.37 bits per heavy atom. The first kappa shape index (κ1) is 14.6. The number of nitrogens with one attached hydrogen (secondary N) is 1. The number of pyridine rings is 1. The first-order chi connectivity index (χ1) is 9.08. The van der Waals surface area contributed by atoms with E-state index in [9.17, 15) is 8.42 Å². The molecule has 1 N–H and O–H groups in total. The molecule has 0 amide bonds. The van der Waals surface area contributed by atoms with Gasteiger partial charge in [-0.25, -0.2) is 17.7 Å². The molecule has 0 aliphatic carbocycles. The summed E-state index contributed by atoms with van der Waals surface area (Å²) in [5, 5.41) is 3.06. The molecule has 0 atom stereocenters. The van der Waals surface area contributed by atoms with Gasteiger partial charge in [0.1, 0.15) is 5.82 Å². The quantitative estimate of drug-likeness (QED) is 0.885. The molecule has 0 spiro atoms. The SMILES string of the molecule is Cc1cccc(NCCS(=O)(=O)N2CCSCC2)n1. The molecule has 0 saturated carbocycles. The van der Waals surface area contributed by atoms with Crippen molar-refractivity contribution >= 4 is 27.6 Å². The van der Waals surface area contributed by atoms with Crippen LogP contribution in [0.3, 0.4) is 0 Å². The molecule has 7 heteroatoms. The van der Waals surface area contributed by atoms with E-state index >= 15 is 0 Å². The molecule has 5 nitrogen and oxygen atoms in total. The Labute approximate surface area is 118 Å². The summed E-state index contributed by atoms with van der Waals surface area (Å²) in [6.07, 6.45) is 0. The van der Waals surface area contributed by atoms with Gasteiger partial charge in [-0.15, -0.1) is 0 Å². The van der Waals surface area contributed by atoms with E-state index in [0.717, 1.165) is 23.0 Å². The molecule has 106 valence electrons. The van der Waals surface area contributed by atoms with Crippen molar-refractivity contribution in [3.8, 4) is 0 Å². The molecule has 0 radical (unpaired) electrons. The van der Waals surface area contributed by atoms with Gasteiger partial charge < -0.3 is 5.32 Å².